The summed E-state index contributed by atoms with van der Waals surface area (Å²) in [7, 11) is 0. The summed E-state index contributed by atoms with van der Waals surface area (Å²) in [4.78, 5) is 12.1. The molecule has 0 spiro atoms. The monoisotopic (exact) mass is 413 g/mol. The highest BCUT2D eigenvalue weighted by Gasteiger charge is 2.60. The summed E-state index contributed by atoms with van der Waals surface area (Å²) < 4.78 is 0. The topological polar surface area (TPSA) is 49.7 Å². The van der Waals surface area contributed by atoms with Gasteiger partial charge in [-0.1, -0.05) is 59.0 Å². The van der Waals surface area contributed by atoms with Crippen LogP contribution < -0.4 is 0 Å². The molecule has 0 amide bonds. The lowest BCUT2D eigenvalue weighted by Gasteiger charge is -2.58. The Bertz CT molecular complexity index is 737. The third-order valence-electron chi connectivity index (χ3n) is 10.1. The van der Waals surface area contributed by atoms with E-state index in [9.17, 15) is 10.0 Å². The van der Waals surface area contributed by atoms with Crippen molar-refractivity contribution in [2.24, 2.45) is 51.5 Å². The van der Waals surface area contributed by atoms with Crippen LogP contribution in [-0.2, 0) is 4.79 Å². The quantitative estimate of drug-likeness (QED) is 0.388. The number of fused-ring (bicyclic) bond motifs is 5. The van der Waals surface area contributed by atoms with Crippen molar-refractivity contribution in [1.82, 2.24) is 0 Å². The van der Waals surface area contributed by atoms with Crippen LogP contribution in [0, 0.1) is 46.3 Å². The highest BCUT2D eigenvalue weighted by molar-refractivity contribution is 6.08. The molecule has 3 nitrogen and oxygen atoms in total. The molecule has 0 radical (unpaired) electrons. The maximum atomic E-state index is 12.1. The van der Waals surface area contributed by atoms with Gasteiger partial charge in [0.2, 0.25) is 0 Å². The molecule has 1 N–H and O–H groups in total. The fourth-order valence-corrected chi connectivity index (χ4v) is 8.53. The summed E-state index contributed by atoms with van der Waals surface area (Å²) in [5.74, 6) is 4.64. The minimum absolute atomic E-state index is 0.0146. The van der Waals surface area contributed by atoms with Gasteiger partial charge in [-0.25, -0.2) is 0 Å². The minimum atomic E-state index is 0.0146. The third-order valence-corrected chi connectivity index (χ3v) is 10.1. The summed E-state index contributed by atoms with van der Waals surface area (Å²) in [6, 6.07) is 0. The van der Waals surface area contributed by atoms with Crippen LogP contribution in [0.4, 0.5) is 0 Å². The number of oxime groups is 1. The summed E-state index contributed by atoms with van der Waals surface area (Å²) >= 11 is 0. The Morgan fingerprint density at radius 2 is 1.87 bits per heavy atom. The molecule has 3 saturated carbocycles. The zero-order chi connectivity index (χ0) is 21.7. The highest BCUT2D eigenvalue weighted by atomic mass is 16.4. The van der Waals surface area contributed by atoms with Gasteiger partial charge in [0.1, 0.15) is 0 Å². The lowest BCUT2D eigenvalue weighted by Crippen LogP contribution is -2.53. The maximum Gasteiger partial charge on any atom is 0.156 e. The van der Waals surface area contributed by atoms with Gasteiger partial charge < -0.3 is 5.21 Å². The molecule has 0 bridgehead atoms. The Balaban J connectivity index is 1.57. The number of ketones is 1. The summed E-state index contributed by atoms with van der Waals surface area (Å²) in [6.45, 7) is 12.1. The Labute approximate surface area is 183 Å². The van der Waals surface area contributed by atoms with Crippen LogP contribution in [0.2, 0.25) is 0 Å². The molecular weight excluding hydrogens is 370 g/mol. The van der Waals surface area contributed by atoms with Gasteiger partial charge in [-0.2, -0.15) is 0 Å². The molecule has 0 heterocycles. The minimum Gasteiger partial charge on any atom is -0.411 e. The van der Waals surface area contributed by atoms with E-state index in [0.29, 0.717) is 23.7 Å². The zero-order valence-electron chi connectivity index (χ0n) is 19.9. The van der Waals surface area contributed by atoms with Gasteiger partial charge in [-0.3, -0.25) is 4.79 Å². The Kier molecular flexibility index (Phi) is 5.96. The van der Waals surface area contributed by atoms with Crippen LogP contribution in [0.1, 0.15) is 98.8 Å². The fraction of sp³-hybridized carbons (Fsp3) is 0.852. The van der Waals surface area contributed by atoms with E-state index in [4.69, 9.17) is 0 Å². The van der Waals surface area contributed by atoms with Gasteiger partial charge in [-0.15, -0.1) is 0 Å². The second-order valence-electron chi connectivity index (χ2n) is 12.1. The molecule has 3 heteroatoms. The molecule has 0 unspecified atom stereocenters. The average molecular weight is 414 g/mol. The van der Waals surface area contributed by atoms with Crippen molar-refractivity contribution in [2.45, 2.75) is 98.8 Å². The number of nitrogens with zero attached hydrogens (tertiary/aromatic N) is 1. The standard InChI is InChI=1S/C27H43NO2/c1-17(2)7-6-8-18(3)21-9-10-22-20-16-25(28-30)24-15-19(29)11-13-27(24,5)23(20)12-14-26(21,22)4/h15,17-18,20-23,30H,6-14,16H2,1-5H3/b28-25+/t18-,20-,21+,22-,23-,26-,27-/m1/s1. The van der Waals surface area contributed by atoms with Crippen LogP contribution >= 0.6 is 0 Å². The maximum absolute atomic E-state index is 12.1. The van der Waals surface area contributed by atoms with E-state index in [-0.39, 0.29) is 11.2 Å². The molecule has 0 aromatic rings. The normalized spacial score (nSPS) is 43.2. The molecule has 168 valence electrons. The molecule has 0 aromatic heterocycles. The number of carbonyl (C=O) groups is 1. The Morgan fingerprint density at radius 3 is 2.57 bits per heavy atom. The third kappa shape index (κ3) is 3.48. The van der Waals surface area contributed by atoms with Gasteiger partial charge in [0, 0.05) is 6.42 Å². The second kappa shape index (κ2) is 8.10. The molecular formula is C27H43NO2. The summed E-state index contributed by atoms with van der Waals surface area (Å²) in [5.41, 5.74) is 2.31. The number of hydrogen-bond donors (Lipinski definition) is 1. The number of hydrogen-bond acceptors (Lipinski definition) is 3. The smallest absolute Gasteiger partial charge is 0.156 e. The van der Waals surface area contributed by atoms with Crippen molar-refractivity contribution in [2.75, 3.05) is 0 Å². The van der Waals surface area contributed by atoms with E-state index < -0.39 is 0 Å². The van der Waals surface area contributed by atoms with Crippen LogP contribution in [0.3, 0.4) is 0 Å². The SMILES string of the molecule is CC(C)CCC[C@@H](C)[C@@H]1CC[C@@H]2[C@H]3C/C(=N\O)C4=CC(=O)CC[C@]4(C)[C@@H]3CC[C@@]21C. The lowest BCUT2D eigenvalue weighted by molar-refractivity contribution is -0.116. The van der Waals surface area contributed by atoms with Crippen molar-refractivity contribution in [3.8, 4) is 0 Å². The molecule has 7 atom stereocenters. The van der Waals surface area contributed by atoms with Crippen molar-refractivity contribution in [1.29, 1.82) is 0 Å². The molecule has 4 aliphatic carbocycles. The van der Waals surface area contributed by atoms with E-state index >= 15 is 0 Å². The highest BCUT2D eigenvalue weighted by Crippen LogP contribution is 2.67. The predicted octanol–water partition coefficient (Wildman–Crippen LogP) is 7.04. The van der Waals surface area contributed by atoms with Crippen LogP contribution in [-0.4, -0.2) is 16.7 Å². The molecule has 4 aliphatic rings. The molecule has 0 aromatic carbocycles. The molecule has 4 rings (SSSR count). The van der Waals surface area contributed by atoms with Gasteiger partial charge >= 0.3 is 0 Å². The van der Waals surface area contributed by atoms with Crippen LogP contribution in [0.15, 0.2) is 16.8 Å². The first-order valence-corrected chi connectivity index (χ1v) is 12.7. The average Bonchev–Trinajstić information content (AvgIpc) is 3.05. The largest absolute Gasteiger partial charge is 0.411 e. The number of allylic oxidation sites excluding steroid dienone is 1. The molecule has 0 saturated heterocycles. The van der Waals surface area contributed by atoms with Crippen LogP contribution in [0.25, 0.3) is 0 Å². The predicted molar refractivity (Wildman–Crippen MR) is 123 cm³/mol. The van der Waals surface area contributed by atoms with Crippen molar-refractivity contribution in [3.05, 3.63) is 11.6 Å². The van der Waals surface area contributed by atoms with E-state index in [1.807, 2.05) is 6.08 Å². The van der Waals surface area contributed by atoms with Gasteiger partial charge in [0.25, 0.3) is 0 Å². The van der Waals surface area contributed by atoms with Gasteiger partial charge in [0.05, 0.1) is 5.71 Å². The molecule has 30 heavy (non-hydrogen) atoms. The van der Waals surface area contributed by atoms with Gasteiger partial charge in [-0.05, 0) is 96.5 Å². The first-order chi connectivity index (χ1) is 14.2. The summed E-state index contributed by atoms with van der Waals surface area (Å²) in [6.07, 6.45) is 13.7. The number of carbonyl (C=O) groups excluding carboxylic acids is 1. The Hall–Kier alpha value is -1.12. The lowest BCUT2D eigenvalue weighted by atomic mass is 9.46. The first-order valence-electron chi connectivity index (χ1n) is 12.7. The molecule has 3 fully saturated rings. The number of rotatable bonds is 5. The van der Waals surface area contributed by atoms with Crippen molar-refractivity contribution >= 4 is 11.5 Å². The Morgan fingerprint density at radius 1 is 1.10 bits per heavy atom. The van der Waals surface area contributed by atoms with Gasteiger partial charge in [0.15, 0.2) is 5.78 Å². The second-order valence-corrected chi connectivity index (χ2v) is 12.1. The fourth-order valence-electron chi connectivity index (χ4n) is 8.53. The van der Waals surface area contributed by atoms with Crippen molar-refractivity contribution in [3.63, 3.8) is 0 Å². The first kappa shape index (κ1) is 22.1. The van der Waals surface area contributed by atoms with E-state index in [1.165, 1.54) is 44.9 Å². The zero-order valence-corrected chi connectivity index (χ0v) is 19.9. The summed E-state index contributed by atoms with van der Waals surface area (Å²) in [5, 5.41) is 13.6. The van der Waals surface area contributed by atoms with E-state index in [2.05, 4.69) is 39.8 Å². The van der Waals surface area contributed by atoms with Crippen molar-refractivity contribution < 1.29 is 10.0 Å². The van der Waals surface area contributed by atoms with E-state index in [0.717, 1.165) is 47.8 Å². The molecule has 0 aliphatic heterocycles. The van der Waals surface area contributed by atoms with Crippen LogP contribution in [0.5, 0.6) is 0 Å². The van der Waals surface area contributed by atoms with E-state index in [1.54, 1.807) is 0 Å².